The highest BCUT2D eigenvalue weighted by atomic mass is 16.6. The van der Waals surface area contributed by atoms with Gasteiger partial charge in [-0.25, -0.2) is 4.79 Å². The van der Waals surface area contributed by atoms with Crippen LogP contribution in [-0.2, 0) is 14.3 Å². The lowest BCUT2D eigenvalue weighted by atomic mass is 9.98. The molecule has 0 spiro atoms. The number of nitrogens with zero attached hydrogens (tertiary/aromatic N) is 4. The van der Waals surface area contributed by atoms with Gasteiger partial charge in [0.1, 0.15) is 12.8 Å². The van der Waals surface area contributed by atoms with Crippen LogP contribution in [0.2, 0.25) is 0 Å². The highest BCUT2D eigenvalue weighted by molar-refractivity contribution is 5.71. The van der Waals surface area contributed by atoms with Gasteiger partial charge in [0.05, 0.1) is 12.0 Å². The SMILES string of the molecule is CC(C)C(=O)OC[C@@]1(N=[N+]=[N-])O[C@@H](n2ccc(=O)[nH]c2=O)[C@@H](C)[C@@H]1O. The molecule has 25 heavy (non-hydrogen) atoms. The fraction of sp³-hybridized carbons (Fsp3) is 0.643. The van der Waals surface area contributed by atoms with E-state index in [1.54, 1.807) is 20.8 Å². The van der Waals surface area contributed by atoms with Gasteiger partial charge >= 0.3 is 11.7 Å². The molecular weight excluding hydrogens is 334 g/mol. The first-order valence-corrected chi connectivity index (χ1v) is 7.62. The molecule has 1 saturated heterocycles. The fourth-order valence-electron chi connectivity index (χ4n) is 2.54. The largest absolute Gasteiger partial charge is 0.462 e. The van der Waals surface area contributed by atoms with E-state index in [0.717, 1.165) is 10.6 Å². The summed E-state index contributed by atoms with van der Waals surface area (Å²) in [6.45, 7) is 4.32. The van der Waals surface area contributed by atoms with E-state index in [9.17, 15) is 19.5 Å². The number of carbonyl (C=O) groups excluding carboxylic acids is 1. The molecule has 2 heterocycles. The summed E-state index contributed by atoms with van der Waals surface area (Å²) < 4.78 is 11.8. The summed E-state index contributed by atoms with van der Waals surface area (Å²) in [6, 6.07) is 1.12. The molecule has 2 N–H and O–H groups in total. The molecule has 0 aromatic carbocycles. The zero-order valence-electron chi connectivity index (χ0n) is 13.9. The van der Waals surface area contributed by atoms with Crippen molar-refractivity contribution in [3.8, 4) is 0 Å². The molecule has 1 fully saturated rings. The van der Waals surface area contributed by atoms with Gasteiger partial charge in [0.25, 0.3) is 5.56 Å². The number of aromatic amines is 1. The van der Waals surface area contributed by atoms with Crippen LogP contribution in [0, 0.1) is 11.8 Å². The van der Waals surface area contributed by atoms with Crippen molar-refractivity contribution >= 4 is 5.97 Å². The van der Waals surface area contributed by atoms with Crippen molar-refractivity contribution in [2.45, 2.75) is 38.8 Å². The molecule has 1 aromatic rings. The molecule has 1 aromatic heterocycles. The average Bonchev–Trinajstić information content (AvgIpc) is 2.78. The lowest BCUT2D eigenvalue weighted by Crippen LogP contribution is -2.44. The molecule has 0 aliphatic carbocycles. The number of rotatable bonds is 5. The molecule has 0 radical (unpaired) electrons. The molecule has 0 saturated carbocycles. The summed E-state index contributed by atoms with van der Waals surface area (Å²) in [4.78, 5) is 39.6. The number of H-pyrrole nitrogens is 1. The van der Waals surface area contributed by atoms with Gasteiger partial charge in [-0.1, -0.05) is 25.9 Å². The Morgan fingerprint density at radius 3 is 2.84 bits per heavy atom. The number of nitrogens with one attached hydrogen (secondary N) is 1. The molecule has 2 rings (SSSR count). The summed E-state index contributed by atoms with van der Waals surface area (Å²) in [6.07, 6.45) is -1.16. The zero-order chi connectivity index (χ0) is 18.8. The van der Waals surface area contributed by atoms with Crippen molar-refractivity contribution in [1.82, 2.24) is 9.55 Å². The first-order valence-electron chi connectivity index (χ1n) is 7.62. The smallest absolute Gasteiger partial charge is 0.330 e. The van der Waals surface area contributed by atoms with E-state index in [-0.39, 0.29) is 0 Å². The number of ether oxygens (including phenoxy) is 2. The average molecular weight is 353 g/mol. The van der Waals surface area contributed by atoms with Gasteiger partial charge < -0.3 is 14.6 Å². The second-order valence-electron chi connectivity index (χ2n) is 6.13. The summed E-state index contributed by atoms with van der Waals surface area (Å²) in [5.74, 6) is -1.66. The van der Waals surface area contributed by atoms with Gasteiger partial charge in [-0.15, -0.1) is 0 Å². The lowest BCUT2D eigenvalue weighted by Gasteiger charge is -2.26. The maximum atomic E-state index is 12.0. The Morgan fingerprint density at radius 2 is 2.28 bits per heavy atom. The Morgan fingerprint density at radius 1 is 1.60 bits per heavy atom. The van der Waals surface area contributed by atoms with E-state index in [0.29, 0.717) is 0 Å². The predicted molar refractivity (Wildman–Crippen MR) is 84.3 cm³/mol. The summed E-state index contributed by atoms with van der Waals surface area (Å²) in [7, 11) is 0. The molecule has 1 aliphatic rings. The maximum Gasteiger partial charge on any atom is 0.330 e. The van der Waals surface area contributed by atoms with E-state index in [2.05, 4.69) is 15.0 Å². The second kappa shape index (κ2) is 7.09. The number of aliphatic hydroxyl groups is 1. The van der Waals surface area contributed by atoms with Crippen molar-refractivity contribution in [3.05, 3.63) is 43.5 Å². The number of aliphatic hydroxyl groups excluding tert-OH is 1. The van der Waals surface area contributed by atoms with Crippen LogP contribution in [0.5, 0.6) is 0 Å². The Labute approximate surface area is 141 Å². The van der Waals surface area contributed by atoms with E-state index in [4.69, 9.17) is 15.0 Å². The maximum absolute atomic E-state index is 12.0. The third kappa shape index (κ3) is 3.58. The van der Waals surface area contributed by atoms with Gasteiger partial charge in [0, 0.05) is 23.1 Å². The highest BCUT2D eigenvalue weighted by Crippen LogP contribution is 2.42. The van der Waals surface area contributed by atoms with Gasteiger partial charge in [-0.3, -0.25) is 19.1 Å². The van der Waals surface area contributed by atoms with Crippen LogP contribution in [0.4, 0.5) is 0 Å². The lowest BCUT2D eigenvalue weighted by molar-refractivity contribution is -0.168. The van der Waals surface area contributed by atoms with Crippen LogP contribution in [0.3, 0.4) is 0 Å². The van der Waals surface area contributed by atoms with Gasteiger partial charge in [0.2, 0.25) is 5.72 Å². The van der Waals surface area contributed by atoms with Gasteiger partial charge in [-0.05, 0) is 5.53 Å². The normalized spacial score (nSPS) is 28.6. The number of esters is 1. The van der Waals surface area contributed by atoms with Crippen LogP contribution in [0.15, 0.2) is 27.0 Å². The van der Waals surface area contributed by atoms with E-state index in [1.165, 1.54) is 6.20 Å². The fourth-order valence-corrected chi connectivity index (χ4v) is 2.54. The third-order valence-corrected chi connectivity index (χ3v) is 3.97. The van der Waals surface area contributed by atoms with Crippen LogP contribution in [0.1, 0.15) is 27.0 Å². The second-order valence-corrected chi connectivity index (χ2v) is 6.13. The molecule has 11 nitrogen and oxygen atoms in total. The van der Waals surface area contributed by atoms with Crippen molar-refractivity contribution < 1.29 is 19.4 Å². The quantitative estimate of drug-likeness (QED) is 0.334. The molecule has 0 unspecified atom stereocenters. The molecule has 136 valence electrons. The minimum absolute atomic E-state index is 0.420. The topological polar surface area (TPSA) is 159 Å². The van der Waals surface area contributed by atoms with E-state index < -0.39 is 53.7 Å². The number of azide groups is 1. The summed E-state index contributed by atoms with van der Waals surface area (Å²) >= 11 is 0. The standard InChI is InChI=1S/C14H19N5O6/c1-7(2)12(22)24-6-14(17-18-15)10(21)8(3)11(25-14)19-5-4-9(20)16-13(19)23/h4-5,7-8,10-11,21H,6H2,1-3H3,(H,16,20,23)/t8-,10-,11+,14+/m0/s1. The monoisotopic (exact) mass is 353 g/mol. The summed E-state index contributed by atoms with van der Waals surface area (Å²) in [5, 5.41) is 14.0. The van der Waals surface area contributed by atoms with Crippen molar-refractivity contribution in [2.24, 2.45) is 17.0 Å². The Hall–Kier alpha value is -2.62. The number of hydrogen-bond donors (Lipinski definition) is 2. The van der Waals surface area contributed by atoms with Crippen LogP contribution in [-0.4, -0.2) is 39.1 Å². The molecule has 0 bridgehead atoms. The minimum Gasteiger partial charge on any atom is -0.462 e. The third-order valence-electron chi connectivity index (χ3n) is 3.97. The Bertz CT molecular complexity index is 810. The van der Waals surface area contributed by atoms with Crippen LogP contribution >= 0.6 is 0 Å². The highest BCUT2D eigenvalue weighted by Gasteiger charge is 2.54. The predicted octanol–water partition coefficient (Wildman–Crippen LogP) is 0.268. The molecule has 0 amide bonds. The van der Waals surface area contributed by atoms with Crippen LogP contribution in [0.25, 0.3) is 10.4 Å². The molecule has 4 atom stereocenters. The molecule has 11 heteroatoms. The van der Waals surface area contributed by atoms with E-state index in [1.807, 2.05) is 0 Å². The Kier molecular flexibility index (Phi) is 5.31. The number of hydrogen-bond acceptors (Lipinski definition) is 7. The van der Waals surface area contributed by atoms with Crippen molar-refractivity contribution in [1.29, 1.82) is 0 Å². The minimum atomic E-state index is -1.88. The van der Waals surface area contributed by atoms with Gasteiger partial charge in [0.15, 0.2) is 0 Å². The first-order chi connectivity index (χ1) is 11.7. The summed E-state index contributed by atoms with van der Waals surface area (Å²) in [5.41, 5.74) is 5.63. The van der Waals surface area contributed by atoms with Crippen LogP contribution < -0.4 is 11.2 Å². The zero-order valence-corrected chi connectivity index (χ0v) is 13.9. The number of carbonyl (C=O) groups is 1. The van der Waals surface area contributed by atoms with Crippen molar-refractivity contribution in [3.63, 3.8) is 0 Å². The Balaban J connectivity index is 2.36. The molecular formula is C14H19N5O6. The number of aromatic nitrogens is 2. The first kappa shape index (κ1) is 18.7. The van der Waals surface area contributed by atoms with E-state index >= 15 is 0 Å². The van der Waals surface area contributed by atoms with Gasteiger partial charge in [-0.2, -0.15) is 0 Å². The van der Waals surface area contributed by atoms with Crippen molar-refractivity contribution in [2.75, 3.05) is 6.61 Å². The molecule has 1 aliphatic heterocycles.